The summed E-state index contributed by atoms with van der Waals surface area (Å²) in [4.78, 5) is 16.2. The Kier molecular flexibility index (Phi) is 7.23. The molecule has 4 nitrogen and oxygen atoms in total. The molecule has 1 aromatic heterocycles. The number of alkyl halides is 3. The lowest BCUT2D eigenvalue weighted by Gasteiger charge is -2.32. The third-order valence-electron chi connectivity index (χ3n) is 5.54. The van der Waals surface area contributed by atoms with Gasteiger partial charge in [0.2, 0.25) is 11.8 Å². The molecule has 3 rings (SSSR count). The Morgan fingerprint density at radius 2 is 1.97 bits per heavy atom. The molecular formula is C22H24ClF3N2O2. The second-order valence-electron chi connectivity index (χ2n) is 7.75. The van der Waals surface area contributed by atoms with Crippen molar-refractivity contribution in [2.24, 2.45) is 17.8 Å². The summed E-state index contributed by atoms with van der Waals surface area (Å²) in [5.41, 5.74) is -0.267. The van der Waals surface area contributed by atoms with Gasteiger partial charge in [0.15, 0.2) is 0 Å². The van der Waals surface area contributed by atoms with Gasteiger partial charge in [-0.3, -0.25) is 4.79 Å². The van der Waals surface area contributed by atoms with E-state index in [0.29, 0.717) is 10.7 Å². The van der Waals surface area contributed by atoms with E-state index in [1.54, 1.807) is 24.3 Å². The highest BCUT2D eigenvalue weighted by Gasteiger charge is 2.33. The van der Waals surface area contributed by atoms with Crippen LogP contribution in [-0.2, 0) is 11.0 Å². The van der Waals surface area contributed by atoms with Gasteiger partial charge in [-0.05, 0) is 61.4 Å². The number of carbonyl (C=O) groups is 1. The van der Waals surface area contributed by atoms with Crippen LogP contribution in [-0.4, -0.2) is 17.5 Å². The van der Waals surface area contributed by atoms with Crippen molar-refractivity contribution in [3.05, 3.63) is 53.2 Å². The normalized spacial score (nSPS) is 20.4. The number of pyridine rings is 1. The van der Waals surface area contributed by atoms with Gasteiger partial charge in [0.05, 0.1) is 6.61 Å². The van der Waals surface area contributed by atoms with Crippen LogP contribution < -0.4 is 10.1 Å². The van der Waals surface area contributed by atoms with E-state index in [2.05, 4.69) is 10.3 Å². The molecule has 30 heavy (non-hydrogen) atoms. The van der Waals surface area contributed by atoms with Gasteiger partial charge in [-0.25, -0.2) is 4.98 Å². The summed E-state index contributed by atoms with van der Waals surface area (Å²) in [6, 6.07) is 10.6. The van der Waals surface area contributed by atoms with Gasteiger partial charge in [-0.15, -0.1) is 0 Å². The molecule has 3 atom stereocenters. The molecule has 1 heterocycles. The minimum absolute atomic E-state index is 0.0273. The summed E-state index contributed by atoms with van der Waals surface area (Å²) in [6.07, 6.45) is -0.905. The monoisotopic (exact) mass is 440 g/mol. The average Bonchev–Trinajstić information content (AvgIpc) is 2.73. The zero-order valence-electron chi connectivity index (χ0n) is 16.6. The van der Waals surface area contributed by atoms with Crippen LogP contribution in [0, 0.1) is 17.8 Å². The van der Waals surface area contributed by atoms with E-state index < -0.39 is 11.9 Å². The molecule has 2 aromatic rings. The highest BCUT2D eigenvalue weighted by molar-refractivity contribution is 6.30. The van der Waals surface area contributed by atoms with E-state index in [1.165, 1.54) is 12.1 Å². The zero-order valence-corrected chi connectivity index (χ0v) is 17.3. The van der Waals surface area contributed by atoms with E-state index in [9.17, 15) is 18.0 Å². The number of halogens is 4. The first kappa shape index (κ1) is 22.4. The van der Waals surface area contributed by atoms with Crippen LogP contribution in [0.15, 0.2) is 42.5 Å². The third kappa shape index (κ3) is 6.11. The molecule has 1 saturated carbocycles. The molecule has 1 aliphatic carbocycles. The molecule has 0 radical (unpaired) electrons. The maximum atomic E-state index is 12.8. The number of carbonyl (C=O) groups excluding carboxylic acids is 1. The SMILES string of the molecule is C[C@@H](C(=O)Nc1ccc(Cl)cc1)[C@H]1CCCC(COc2cccc(C(F)(F)F)n2)C1. The van der Waals surface area contributed by atoms with Crippen molar-refractivity contribution in [3.8, 4) is 5.88 Å². The van der Waals surface area contributed by atoms with Crippen molar-refractivity contribution >= 4 is 23.2 Å². The quantitative estimate of drug-likeness (QED) is 0.580. The number of hydrogen-bond acceptors (Lipinski definition) is 3. The van der Waals surface area contributed by atoms with Crippen molar-refractivity contribution in [3.63, 3.8) is 0 Å². The van der Waals surface area contributed by atoms with E-state index >= 15 is 0 Å². The largest absolute Gasteiger partial charge is 0.477 e. The van der Waals surface area contributed by atoms with Crippen LogP contribution in [0.5, 0.6) is 5.88 Å². The van der Waals surface area contributed by atoms with E-state index in [0.717, 1.165) is 31.7 Å². The van der Waals surface area contributed by atoms with Crippen molar-refractivity contribution in [2.45, 2.75) is 38.8 Å². The summed E-state index contributed by atoms with van der Waals surface area (Å²) in [6.45, 7) is 2.20. The van der Waals surface area contributed by atoms with Crippen LogP contribution in [0.25, 0.3) is 0 Å². The summed E-state index contributed by atoms with van der Waals surface area (Å²) < 4.78 is 43.9. The topological polar surface area (TPSA) is 51.2 Å². The van der Waals surface area contributed by atoms with Crippen molar-refractivity contribution in [2.75, 3.05) is 11.9 Å². The predicted molar refractivity (Wildman–Crippen MR) is 109 cm³/mol. The second-order valence-corrected chi connectivity index (χ2v) is 8.18. The Balaban J connectivity index is 1.53. The zero-order chi connectivity index (χ0) is 21.7. The smallest absolute Gasteiger partial charge is 0.433 e. The van der Waals surface area contributed by atoms with Crippen LogP contribution in [0.1, 0.15) is 38.3 Å². The summed E-state index contributed by atoms with van der Waals surface area (Å²) in [5.74, 6) is 0.0964. The number of anilines is 1. The average molecular weight is 441 g/mol. The highest BCUT2D eigenvalue weighted by Crippen LogP contribution is 2.35. The molecule has 8 heteroatoms. The maximum Gasteiger partial charge on any atom is 0.433 e. The maximum absolute atomic E-state index is 12.8. The van der Waals surface area contributed by atoms with Gasteiger partial charge in [-0.1, -0.05) is 31.0 Å². The molecule has 1 unspecified atom stereocenters. The lowest BCUT2D eigenvalue weighted by Crippen LogP contribution is -2.32. The van der Waals surface area contributed by atoms with Crippen molar-refractivity contribution in [1.82, 2.24) is 4.98 Å². The Bertz CT molecular complexity index is 858. The Labute approximate surface area is 178 Å². The third-order valence-corrected chi connectivity index (χ3v) is 5.79. The molecule has 1 amide bonds. The molecule has 0 bridgehead atoms. The van der Waals surface area contributed by atoms with Crippen LogP contribution >= 0.6 is 11.6 Å². The number of aromatic nitrogens is 1. The molecule has 162 valence electrons. The second kappa shape index (κ2) is 9.69. The predicted octanol–water partition coefficient (Wildman–Crippen LogP) is 6.21. The Morgan fingerprint density at radius 3 is 2.67 bits per heavy atom. The van der Waals surface area contributed by atoms with Crippen LogP contribution in [0.2, 0.25) is 5.02 Å². The molecular weight excluding hydrogens is 417 g/mol. The number of nitrogens with one attached hydrogen (secondary N) is 1. The van der Waals surface area contributed by atoms with Crippen molar-refractivity contribution < 1.29 is 22.7 Å². The highest BCUT2D eigenvalue weighted by atomic mass is 35.5. The van der Waals surface area contributed by atoms with Gasteiger partial charge in [0.25, 0.3) is 0 Å². The number of rotatable bonds is 6. The summed E-state index contributed by atoms with van der Waals surface area (Å²) in [7, 11) is 0. The van der Waals surface area contributed by atoms with Gasteiger partial charge in [0, 0.05) is 22.7 Å². The summed E-state index contributed by atoms with van der Waals surface area (Å²) >= 11 is 5.87. The van der Waals surface area contributed by atoms with Crippen LogP contribution in [0.3, 0.4) is 0 Å². The number of hydrogen-bond donors (Lipinski definition) is 1. The van der Waals surface area contributed by atoms with E-state index in [4.69, 9.17) is 16.3 Å². The minimum atomic E-state index is -4.50. The number of benzene rings is 1. The number of amides is 1. The minimum Gasteiger partial charge on any atom is -0.477 e. The van der Waals surface area contributed by atoms with Gasteiger partial charge < -0.3 is 10.1 Å². The lowest BCUT2D eigenvalue weighted by molar-refractivity contribution is -0.141. The van der Waals surface area contributed by atoms with E-state index in [-0.39, 0.29) is 36.1 Å². The first-order valence-corrected chi connectivity index (χ1v) is 10.3. The fourth-order valence-electron chi connectivity index (χ4n) is 3.80. The van der Waals surface area contributed by atoms with Gasteiger partial charge in [0.1, 0.15) is 5.69 Å². The fourth-order valence-corrected chi connectivity index (χ4v) is 3.92. The molecule has 1 aliphatic rings. The Morgan fingerprint density at radius 1 is 1.23 bits per heavy atom. The molecule has 0 saturated heterocycles. The Hall–Kier alpha value is -2.28. The summed E-state index contributed by atoms with van der Waals surface area (Å²) in [5, 5.41) is 3.52. The number of nitrogens with zero attached hydrogens (tertiary/aromatic N) is 1. The standard InChI is InChI=1S/C22H24ClF3N2O2/c1-14(21(29)27-18-10-8-17(23)9-11-18)16-5-2-4-15(12-16)13-30-20-7-3-6-19(28-20)22(24,25)26/h3,6-11,14-16H,2,4-5,12-13H2,1H3,(H,27,29)/t14-,15?,16+/m1/s1. The van der Waals surface area contributed by atoms with E-state index in [1.807, 2.05) is 6.92 Å². The van der Waals surface area contributed by atoms with Gasteiger partial charge in [-0.2, -0.15) is 13.2 Å². The molecule has 1 fully saturated rings. The lowest BCUT2D eigenvalue weighted by atomic mass is 9.75. The van der Waals surface area contributed by atoms with Crippen molar-refractivity contribution in [1.29, 1.82) is 0 Å². The number of ether oxygens (including phenoxy) is 1. The molecule has 0 spiro atoms. The first-order chi connectivity index (χ1) is 14.2. The molecule has 1 N–H and O–H groups in total. The first-order valence-electron chi connectivity index (χ1n) is 9.96. The molecule has 0 aliphatic heterocycles. The van der Waals surface area contributed by atoms with Gasteiger partial charge >= 0.3 is 6.18 Å². The fraction of sp³-hybridized carbons (Fsp3) is 0.455. The molecule has 1 aromatic carbocycles. The van der Waals surface area contributed by atoms with Crippen LogP contribution in [0.4, 0.5) is 18.9 Å².